The van der Waals surface area contributed by atoms with Gasteiger partial charge in [0.05, 0.1) is 0 Å². The Bertz CT molecular complexity index is 727. The summed E-state index contributed by atoms with van der Waals surface area (Å²) in [5.74, 6) is -1.10. The molecule has 0 fully saturated rings. The van der Waals surface area contributed by atoms with Gasteiger partial charge in [-0.1, -0.05) is 60.7 Å². The predicted molar refractivity (Wildman–Crippen MR) is 76.5 cm³/mol. The molecule has 0 bridgehead atoms. The molecule has 0 saturated carbocycles. The van der Waals surface area contributed by atoms with Crippen molar-refractivity contribution in [1.82, 2.24) is 0 Å². The smallest absolute Gasteiger partial charge is 0.372 e. The number of hydrogen-bond acceptors (Lipinski definition) is 2. The molecule has 1 aromatic heterocycles. The van der Waals surface area contributed by atoms with Gasteiger partial charge in [-0.3, -0.25) is 0 Å². The third-order valence-electron chi connectivity index (χ3n) is 3.13. The number of carboxylic acids is 1. The molecule has 0 spiro atoms. The predicted octanol–water partition coefficient (Wildman–Crippen LogP) is 4.31. The molecule has 0 atom stereocenters. The highest BCUT2D eigenvalue weighted by molar-refractivity contribution is 5.99. The molecule has 0 aliphatic rings. The lowest BCUT2D eigenvalue weighted by atomic mass is 9.97. The van der Waals surface area contributed by atoms with E-state index in [1.165, 1.54) is 6.26 Å². The summed E-state index contributed by atoms with van der Waals surface area (Å²) in [6, 6.07) is 19.0. The Labute approximate surface area is 116 Å². The maximum Gasteiger partial charge on any atom is 0.372 e. The van der Waals surface area contributed by atoms with E-state index in [1.807, 2.05) is 60.7 Å². The number of carboxylic acid groups (broad SMARTS) is 1. The van der Waals surface area contributed by atoms with Crippen LogP contribution in [0.5, 0.6) is 0 Å². The van der Waals surface area contributed by atoms with Crippen molar-refractivity contribution in [2.75, 3.05) is 0 Å². The first-order valence-electron chi connectivity index (χ1n) is 6.23. The molecule has 1 N–H and O–H groups in total. The normalized spacial score (nSPS) is 10.4. The van der Waals surface area contributed by atoms with Gasteiger partial charge in [0, 0.05) is 11.1 Å². The fourth-order valence-electron chi connectivity index (χ4n) is 2.24. The van der Waals surface area contributed by atoms with Gasteiger partial charge in [0.2, 0.25) is 5.76 Å². The van der Waals surface area contributed by atoms with Crippen molar-refractivity contribution >= 4 is 5.97 Å². The second kappa shape index (κ2) is 5.05. The van der Waals surface area contributed by atoms with E-state index in [4.69, 9.17) is 4.42 Å². The zero-order chi connectivity index (χ0) is 13.9. The molecule has 3 rings (SSSR count). The van der Waals surface area contributed by atoms with Gasteiger partial charge in [0.1, 0.15) is 6.26 Å². The van der Waals surface area contributed by atoms with Gasteiger partial charge in [-0.05, 0) is 11.1 Å². The number of hydrogen-bond donors (Lipinski definition) is 1. The molecule has 1 heterocycles. The molecule has 0 unspecified atom stereocenters. The van der Waals surface area contributed by atoms with Crippen LogP contribution in [0, 0.1) is 0 Å². The molecule has 0 saturated heterocycles. The van der Waals surface area contributed by atoms with Crippen LogP contribution < -0.4 is 0 Å². The summed E-state index contributed by atoms with van der Waals surface area (Å²) >= 11 is 0. The Kier molecular flexibility index (Phi) is 3.09. The van der Waals surface area contributed by atoms with Gasteiger partial charge in [-0.15, -0.1) is 0 Å². The van der Waals surface area contributed by atoms with E-state index in [0.717, 1.165) is 16.7 Å². The third kappa shape index (κ3) is 2.10. The topological polar surface area (TPSA) is 50.4 Å². The van der Waals surface area contributed by atoms with Gasteiger partial charge in [0.15, 0.2) is 0 Å². The minimum atomic E-state index is -1.06. The second-order valence-corrected chi connectivity index (χ2v) is 4.39. The molecule has 3 nitrogen and oxygen atoms in total. The van der Waals surface area contributed by atoms with Crippen LogP contribution in [0.1, 0.15) is 10.6 Å². The summed E-state index contributed by atoms with van der Waals surface area (Å²) in [5.41, 5.74) is 3.17. The van der Waals surface area contributed by atoms with Gasteiger partial charge >= 0.3 is 5.97 Å². The first kappa shape index (κ1) is 12.2. The average molecular weight is 264 g/mol. The summed E-state index contributed by atoms with van der Waals surface area (Å²) in [6.07, 6.45) is 1.50. The maximum atomic E-state index is 11.3. The van der Waals surface area contributed by atoms with Crippen molar-refractivity contribution in [1.29, 1.82) is 0 Å². The van der Waals surface area contributed by atoms with E-state index >= 15 is 0 Å². The Morgan fingerprint density at radius 1 is 0.850 bits per heavy atom. The Morgan fingerprint density at radius 3 is 1.95 bits per heavy atom. The van der Waals surface area contributed by atoms with Crippen molar-refractivity contribution in [2.45, 2.75) is 0 Å². The van der Waals surface area contributed by atoms with Crippen LogP contribution in [-0.2, 0) is 0 Å². The molecular formula is C17H12O3. The van der Waals surface area contributed by atoms with E-state index in [2.05, 4.69) is 0 Å². The fourth-order valence-corrected chi connectivity index (χ4v) is 2.24. The van der Waals surface area contributed by atoms with Gasteiger partial charge in [-0.25, -0.2) is 4.79 Å². The SMILES string of the molecule is O=C(O)c1occ(-c2ccccc2)c1-c1ccccc1. The number of furan rings is 1. The van der Waals surface area contributed by atoms with E-state index in [1.54, 1.807) is 0 Å². The number of benzene rings is 2. The molecular weight excluding hydrogens is 252 g/mol. The summed E-state index contributed by atoms with van der Waals surface area (Å²) in [7, 11) is 0. The Morgan fingerprint density at radius 2 is 1.40 bits per heavy atom. The number of aromatic carboxylic acids is 1. The fraction of sp³-hybridized carbons (Fsp3) is 0. The highest BCUT2D eigenvalue weighted by Crippen LogP contribution is 2.36. The minimum absolute atomic E-state index is 0.0324. The lowest BCUT2D eigenvalue weighted by Crippen LogP contribution is -1.96. The summed E-state index contributed by atoms with van der Waals surface area (Å²) in [4.78, 5) is 11.3. The lowest BCUT2D eigenvalue weighted by Gasteiger charge is -2.04. The minimum Gasteiger partial charge on any atom is -0.475 e. The quantitative estimate of drug-likeness (QED) is 0.766. The van der Waals surface area contributed by atoms with Crippen molar-refractivity contribution in [2.24, 2.45) is 0 Å². The third-order valence-corrected chi connectivity index (χ3v) is 3.13. The van der Waals surface area contributed by atoms with Gasteiger partial charge in [0.25, 0.3) is 0 Å². The highest BCUT2D eigenvalue weighted by Gasteiger charge is 2.21. The van der Waals surface area contributed by atoms with Crippen molar-refractivity contribution in [3.05, 3.63) is 72.7 Å². The number of carbonyl (C=O) groups is 1. The standard InChI is InChI=1S/C17H12O3/c18-17(19)16-15(13-9-5-2-6-10-13)14(11-20-16)12-7-3-1-4-8-12/h1-11H,(H,18,19). The highest BCUT2D eigenvalue weighted by atomic mass is 16.4. The van der Waals surface area contributed by atoms with Crippen LogP contribution in [0.25, 0.3) is 22.3 Å². The van der Waals surface area contributed by atoms with Gasteiger partial charge in [-0.2, -0.15) is 0 Å². The summed E-state index contributed by atoms with van der Waals surface area (Å²) in [6.45, 7) is 0. The zero-order valence-electron chi connectivity index (χ0n) is 10.6. The number of rotatable bonds is 3. The lowest BCUT2D eigenvalue weighted by molar-refractivity contribution is 0.0663. The Hall–Kier alpha value is -2.81. The van der Waals surface area contributed by atoms with Crippen LogP contribution in [0.2, 0.25) is 0 Å². The zero-order valence-corrected chi connectivity index (χ0v) is 10.6. The average Bonchev–Trinajstić information content (AvgIpc) is 2.94. The molecule has 3 aromatic rings. The molecule has 2 aromatic carbocycles. The van der Waals surface area contributed by atoms with Crippen molar-refractivity contribution < 1.29 is 14.3 Å². The molecule has 0 aliphatic carbocycles. The summed E-state index contributed by atoms with van der Waals surface area (Å²) < 4.78 is 5.27. The van der Waals surface area contributed by atoms with E-state index in [-0.39, 0.29) is 5.76 Å². The van der Waals surface area contributed by atoms with Crippen LogP contribution in [0.4, 0.5) is 0 Å². The van der Waals surface area contributed by atoms with E-state index in [0.29, 0.717) is 5.56 Å². The first-order valence-corrected chi connectivity index (χ1v) is 6.23. The van der Waals surface area contributed by atoms with Crippen LogP contribution >= 0.6 is 0 Å². The molecule has 0 aliphatic heterocycles. The van der Waals surface area contributed by atoms with Gasteiger partial charge < -0.3 is 9.52 Å². The van der Waals surface area contributed by atoms with E-state index < -0.39 is 5.97 Å². The summed E-state index contributed by atoms with van der Waals surface area (Å²) in [5, 5.41) is 9.29. The monoisotopic (exact) mass is 264 g/mol. The molecule has 0 amide bonds. The molecule has 98 valence electrons. The van der Waals surface area contributed by atoms with Crippen LogP contribution in [0.15, 0.2) is 71.3 Å². The van der Waals surface area contributed by atoms with Crippen LogP contribution in [0.3, 0.4) is 0 Å². The molecule has 20 heavy (non-hydrogen) atoms. The maximum absolute atomic E-state index is 11.3. The largest absolute Gasteiger partial charge is 0.475 e. The first-order chi connectivity index (χ1) is 9.77. The van der Waals surface area contributed by atoms with E-state index in [9.17, 15) is 9.90 Å². The van der Waals surface area contributed by atoms with Crippen LogP contribution in [-0.4, -0.2) is 11.1 Å². The van der Waals surface area contributed by atoms with Crippen molar-refractivity contribution in [3.8, 4) is 22.3 Å². The van der Waals surface area contributed by atoms with Crippen molar-refractivity contribution in [3.63, 3.8) is 0 Å². The second-order valence-electron chi connectivity index (χ2n) is 4.39. The Balaban J connectivity index is 2.25. The molecule has 0 radical (unpaired) electrons. The molecule has 3 heteroatoms.